The fourth-order valence-corrected chi connectivity index (χ4v) is 3.48. The quantitative estimate of drug-likeness (QED) is 0.536. The Morgan fingerprint density at radius 3 is 2.57 bits per heavy atom. The Morgan fingerprint density at radius 2 is 1.87 bits per heavy atom. The van der Waals surface area contributed by atoms with Crippen LogP contribution >= 0.6 is 0 Å². The highest BCUT2D eigenvalue weighted by Crippen LogP contribution is 2.22. The van der Waals surface area contributed by atoms with Crippen molar-refractivity contribution in [1.82, 2.24) is 29.9 Å². The molecule has 0 atom stereocenters. The summed E-state index contributed by atoms with van der Waals surface area (Å²) in [6.45, 7) is 4.77. The second-order valence-electron chi connectivity index (χ2n) is 7.39. The van der Waals surface area contributed by atoms with Gasteiger partial charge in [-0.25, -0.2) is 0 Å². The maximum absolute atomic E-state index is 13.4. The molecule has 0 unspecified atom stereocenters. The van der Waals surface area contributed by atoms with Crippen LogP contribution in [-0.4, -0.2) is 35.8 Å². The first-order valence-electron chi connectivity index (χ1n) is 9.81. The fourth-order valence-electron chi connectivity index (χ4n) is 3.48. The van der Waals surface area contributed by atoms with Gasteiger partial charge in [-0.2, -0.15) is 10.2 Å². The summed E-state index contributed by atoms with van der Waals surface area (Å²) in [4.78, 5) is 19.7. The van der Waals surface area contributed by atoms with Gasteiger partial charge in [-0.3, -0.25) is 19.6 Å². The van der Waals surface area contributed by atoms with Gasteiger partial charge >= 0.3 is 0 Å². The highest BCUT2D eigenvalue weighted by molar-refractivity contribution is 5.93. The van der Waals surface area contributed by atoms with Crippen LogP contribution in [0.3, 0.4) is 0 Å². The minimum atomic E-state index is -0.123. The van der Waals surface area contributed by atoms with Crippen molar-refractivity contribution in [1.29, 1.82) is 0 Å². The number of nitrogens with zero attached hydrogens (tertiary/aromatic N) is 5. The summed E-state index contributed by atoms with van der Waals surface area (Å²) in [6.07, 6.45) is 1.90. The standard InChI is InChI=1S/C23H24N6O/c1-16-8-7-11-19(24-16)14-29(13-18-9-5-4-6-10-18)23(30)22-12-21(25-26-22)20-15-28(3)27-17(20)2/h4-12,15H,13-14H2,1-3H3,(H,25,26). The minimum Gasteiger partial charge on any atom is -0.327 e. The third kappa shape index (κ3) is 4.30. The summed E-state index contributed by atoms with van der Waals surface area (Å²) in [5.41, 5.74) is 5.75. The molecule has 0 fully saturated rings. The van der Waals surface area contributed by atoms with E-state index in [1.165, 1.54) is 0 Å². The van der Waals surface area contributed by atoms with E-state index in [2.05, 4.69) is 20.3 Å². The Morgan fingerprint density at radius 1 is 1.07 bits per heavy atom. The van der Waals surface area contributed by atoms with Gasteiger partial charge in [0, 0.05) is 31.0 Å². The summed E-state index contributed by atoms with van der Waals surface area (Å²) in [5.74, 6) is -0.123. The number of H-pyrrole nitrogens is 1. The average Bonchev–Trinajstić information content (AvgIpc) is 3.34. The van der Waals surface area contributed by atoms with Gasteiger partial charge in [0.2, 0.25) is 0 Å². The van der Waals surface area contributed by atoms with Crippen molar-refractivity contribution in [2.24, 2.45) is 7.05 Å². The Hall–Kier alpha value is -3.74. The molecule has 4 aromatic rings. The molecule has 0 aliphatic rings. The zero-order valence-corrected chi connectivity index (χ0v) is 17.3. The smallest absolute Gasteiger partial charge is 0.272 e. The summed E-state index contributed by atoms with van der Waals surface area (Å²) in [6, 6.07) is 17.6. The van der Waals surface area contributed by atoms with Crippen LogP contribution in [-0.2, 0) is 20.1 Å². The molecule has 3 aromatic heterocycles. The molecule has 3 heterocycles. The van der Waals surface area contributed by atoms with E-state index in [1.807, 2.05) is 75.6 Å². The lowest BCUT2D eigenvalue weighted by molar-refractivity contribution is 0.0721. The number of nitrogens with one attached hydrogen (secondary N) is 1. The third-order valence-electron chi connectivity index (χ3n) is 4.90. The van der Waals surface area contributed by atoms with Gasteiger partial charge in [0.05, 0.1) is 23.6 Å². The Bertz CT molecular complexity index is 1160. The first kappa shape index (κ1) is 19.6. The highest BCUT2D eigenvalue weighted by Gasteiger charge is 2.21. The van der Waals surface area contributed by atoms with E-state index in [0.29, 0.717) is 24.5 Å². The second kappa shape index (κ2) is 8.32. The molecule has 1 N–H and O–H groups in total. The second-order valence-corrected chi connectivity index (χ2v) is 7.39. The van der Waals surface area contributed by atoms with Crippen molar-refractivity contribution < 1.29 is 4.79 Å². The van der Waals surface area contributed by atoms with Crippen LogP contribution in [0.4, 0.5) is 0 Å². The number of hydrogen-bond acceptors (Lipinski definition) is 4. The molecule has 0 saturated heterocycles. The highest BCUT2D eigenvalue weighted by atomic mass is 16.2. The number of pyridine rings is 1. The first-order valence-corrected chi connectivity index (χ1v) is 9.81. The van der Waals surface area contributed by atoms with E-state index in [4.69, 9.17) is 0 Å². The van der Waals surface area contributed by atoms with Crippen LogP contribution in [0.1, 0.15) is 33.1 Å². The normalized spacial score (nSPS) is 10.9. The molecule has 1 aromatic carbocycles. The average molecular weight is 400 g/mol. The van der Waals surface area contributed by atoms with E-state index in [1.54, 1.807) is 15.6 Å². The molecule has 0 bridgehead atoms. The molecule has 152 valence electrons. The lowest BCUT2D eigenvalue weighted by Gasteiger charge is -2.22. The fraction of sp³-hybridized carbons (Fsp3) is 0.217. The van der Waals surface area contributed by atoms with Gasteiger partial charge < -0.3 is 4.90 Å². The number of carbonyl (C=O) groups excluding carboxylic acids is 1. The molecule has 0 aliphatic carbocycles. The van der Waals surface area contributed by atoms with Gasteiger partial charge in [0.1, 0.15) is 5.69 Å². The number of amides is 1. The molecule has 0 saturated carbocycles. The number of aromatic amines is 1. The van der Waals surface area contributed by atoms with Crippen molar-refractivity contribution in [2.45, 2.75) is 26.9 Å². The van der Waals surface area contributed by atoms with Crippen molar-refractivity contribution >= 4 is 5.91 Å². The number of benzene rings is 1. The Kier molecular flexibility index (Phi) is 5.43. The molecular formula is C23H24N6O. The number of hydrogen-bond donors (Lipinski definition) is 1. The van der Waals surface area contributed by atoms with Crippen LogP contribution in [0, 0.1) is 13.8 Å². The third-order valence-corrected chi connectivity index (χ3v) is 4.90. The van der Waals surface area contributed by atoms with Crippen LogP contribution in [0.5, 0.6) is 0 Å². The van der Waals surface area contributed by atoms with Crippen molar-refractivity contribution in [3.05, 3.63) is 89.1 Å². The Balaban J connectivity index is 1.62. The zero-order chi connectivity index (χ0) is 21.1. The van der Waals surface area contributed by atoms with Gasteiger partial charge in [0.25, 0.3) is 5.91 Å². The molecule has 7 heteroatoms. The van der Waals surface area contributed by atoms with Crippen LogP contribution in [0.15, 0.2) is 60.8 Å². The summed E-state index contributed by atoms with van der Waals surface area (Å²) >= 11 is 0. The molecule has 0 aliphatic heterocycles. The molecule has 0 radical (unpaired) electrons. The number of rotatable bonds is 6. The number of carbonyl (C=O) groups is 1. The lowest BCUT2D eigenvalue weighted by Crippen LogP contribution is -2.30. The van der Waals surface area contributed by atoms with Gasteiger partial charge in [-0.15, -0.1) is 0 Å². The molecule has 7 nitrogen and oxygen atoms in total. The summed E-state index contributed by atoms with van der Waals surface area (Å²) in [5, 5.41) is 11.6. The topological polar surface area (TPSA) is 79.7 Å². The van der Waals surface area contributed by atoms with E-state index >= 15 is 0 Å². The summed E-state index contributed by atoms with van der Waals surface area (Å²) in [7, 11) is 1.87. The van der Waals surface area contributed by atoms with E-state index in [0.717, 1.165) is 28.2 Å². The molecular weight excluding hydrogens is 376 g/mol. The molecule has 0 spiro atoms. The van der Waals surface area contributed by atoms with Crippen molar-refractivity contribution in [3.8, 4) is 11.3 Å². The monoisotopic (exact) mass is 400 g/mol. The first-order chi connectivity index (χ1) is 14.5. The number of aryl methyl sites for hydroxylation is 3. The minimum absolute atomic E-state index is 0.123. The van der Waals surface area contributed by atoms with E-state index in [-0.39, 0.29) is 5.91 Å². The van der Waals surface area contributed by atoms with Gasteiger partial charge in [0.15, 0.2) is 0 Å². The summed E-state index contributed by atoms with van der Waals surface area (Å²) < 4.78 is 1.74. The Labute approximate surface area is 175 Å². The van der Waals surface area contributed by atoms with Gasteiger partial charge in [-0.05, 0) is 37.6 Å². The SMILES string of the molecule is Cc1cccc(CN(Cc2ccccc2)C(=O)c2cc(-c3cn(C)nc3C)n[nH]2)n1. The molecule has 30 heavy (non-hydrogen) atoms. The van der Waals surface area contributed by atoms with Gasteiger partial charge in [-0.1, -0.05) is 36.4 Å². The van der Waals surface area contributed by atoms with Crippen LogP contribution < -0.4 is 0 Å². The van der Waals surface area contributed by atoms with Crippen molar-refractivity contribution in [3.63, 3.8) is 0 Å². The maximum Gasteiger partial charge on any atom is 0.272 e. The predicted molar refractivity (Wildman–Crippen MR) is 115 cm³/mol. The zero-order valence-electron chi connectivity index (χ0n) is 17.3. The van der Waals surface area contributed by atoms with Crippen LogP contribution in [0.25, 0.3) is 11.3 Å². The maximum atomic E-state index is 13.4. The number of aromatic nitrogens is 5. The lowest BCUT2D eigenvalue weighted by atomic mass is 10.1. The van der Waals surface area contributed by atoms with E-state index < -0.39 is 0 Å². The van der Waals surface area contributed by atoms with Crippen LogP contribution in [0.2, 0.25) is 0 Å². The predicted octanol–water partition coefficient (Wildman–Crippen LogP) is 3.66. The molecule has 1 amide bonds. The largest absolute Gasteiger partial charge is 0.327 e. The van der Waals surface area contributed by atoms with Crippen molar-refractivity contribution in [2.75, 3.05) is 0 Å². The van der Waals surface area contributed by atoms with E-state index in [9.17, 15) is 4.79 Å². The molecule has 4 rings (SSSR count).